The fraction of sp³-hybridized carbons (Fsp3) is 0.186. The Morgan fingerprint density at radius 3 is 1.63 bits per heavy atom. The van der Waals surface area contributed by atoms with Crippen LogP contribution in [0.5, 0.6) is 11.5 Å². The summed E-state index contributed by atoms with van der Waals surface area (Å²) in [6.07, 6.45) is 2.08. The summed E-state index contributed by atoms with van der Waals surface area (Å²) >= 11 is 15.1. The third-order valence-corrected chi connectivity index (χ3v) is 9.53. The average molecular weight is 1020 g/mol. The van der Waals surface area contributed by atoms with Crippen LogP contribution in [0, 0.1) is 0 Å². The highest BCUT2D eigenvalue weighted by atomic mass is 79.9. The molecule has 310 valence electrons. The van der Waals surface area contributed by atoms with Crippen molar-refractivity contribution < 1.29 is 42.9 Å². The first-order chi connectivity index (χ1) is 28.3. The minimum absolute atomic E-state index is 0.0394. The molecule has 0 fully saturated rings. The molecule has 1 heterocycles. The second-order valence-corrected chi connectivity index (χ2v) is 15.1. The van der Waals surface area contributed by atoms with Crippen molar-refractivity contribution in [2.75, 3.05) is 33.9 Å². The number of hydrogen-bond acceptors (Lipinski definition) is 10. The summed E-state index contributed by atoms with van der Waals surface area (Å²) in [6, 6.07) is 34.0. The molecule has 1 aliphatic rings. The largest absolute Gasteiger partial charge is 0.465 e. The van der Waals surface area contributed by atoms with Crippen molar-refractivity contribution in [3.05, 3.63) is 162 Å². The van der Waals surface area contributed by atoms with E-state index in [1.54, 1.807) is 12.1 Å². The maximum Gasteiger partial charge on any atom is 0.412 e. The zero-order chi connectivity index (χ0) is 43.2. The highest BCUT2D eigenvalue weighted by Crippen LogP contribution is 2.19. The van der Waals surface area contributed by atoms with Crippen molar-refractivity contribution in [2.24, 2.45) is 5.73 Å². The van der Waals surface area contributed by atoms with Gasteiger partial charge in [-0.1, -0.05) is 78.1 Å². The van der Waals surface area contributed by atoms with E-state index < -0.39 is 23.5 Å². The Morgan fingerprint density at radius 1 is 0.678 bits per heavy atom. The second kappa shape index (κ2) is 26.1. The molecule has 16 heteroatoms. The number of carbonyl (C=O) groups is 5. The molecular weight excluding hydrogens is 978 g/mol. The summed E-state index contributed by atoms with van der Waals surface area (Å²) in [7, 11) is 2.60. The molecule has 12 nitrogen and oxygen atoms in total. The summed E-state index contributed by atoms with van der Waals surface area (Å²) in [5.41, 5.74) is 9.60. The summed E-state index contributed by atoms with van der Waals surface area (Å²) in [5, 5.41) is 5.48. The van der Waals surface area contributed by atoms with E-state index in [4.69, 9.17) is 22.1 Å². The van der Waals surface area contributed by atoms with E-state index in [9.17, 15) is 24.0 Å². The quantitative estimate of drug-likeness (QED) is 0.0954. The van der Waals surface area contributed by atoms with Crippen molar-refractivity contribution in [1.82, 2.24) is 10.6 Å². The molecule has 0 saturated carbocycles. The summed E-state index contributed by atoms with van der Waals surface area (Å²) in [5.74, 6) is -0.210. The first kappa shape index (κ1) is 48.3. The highest BCUT2D eigenvalue weighted by molar-refractivity contribution is 9.11. The first-order valence-electron chi connectivity index (χ1n) is 17.8. The SMILES string of the molecule is COC(=O)c1ccc(OC(=O)Cl)cc1.COC(=O)c1ccc(OC(=O)NCCc2ccc(Br)cc2)cc1.NCCc1ccc(Br)cc1.O=C1NCCc2ccc(Br)cc21. The van der Waals surface area contributed by atoms with Crippen LogP contribution in [0.1, 0.15) is 47.8 Å². The van der Waals surface area contributed by atoms with Crippen LogP contribution in [0.25, 0.3) is 0 Å². The molecule has 0 radical (unpaired) electrons. The van der Waals surface area contributed by atoms with Crippen LogP contribution in [0.2, 0.25) is 0 Å². The maximum atomic E-state index is 11.7. The molecule has 0 bridgehead atoms. The van der Waals surface area contributed by atoms with Crippen LogP contribution in [0.15, 0.2) is 129 Å². The van der Waals surface area contributed by atoms with Crippen LogP contribution < -0.4 is 25.8 Å². The van der Waals surface area contributed by atoms with Gasteiger partial charge in [0.15, 0.2) is 0 Å². The topological polar surface area (TPSA) is 172 Å². The van der Waals surface area contributed by atoms with E-state index in [-0.39, 0.29) is 11.7 Å². The minimum atomic E-state index is -0.921. The number of esters is 2. The first-order valence-corrected chi connectivity index (χ1v) is 20.5. The van der Waals surface area contributed by atoms with Gasteiger partial charge in [-0.3, -0.25) is 4.79 Å². The fourth-order valence-corrected chi connectivity index (χ4v) is 5.93. The molecule has 0 saturated heterocycles. The van der Waals surface area contributed by atoms with Gasteiger partial charge >= 0.3 is 23.5 Å². The van der Waals surface area contributed by atoms with Crippen LogP contribution in [-0.2, 0) is 28.7 Å². The van der Waals surface area contributed by atoms with Crippen LogP contribution in [0.4, 0.5) is 9.59 Å². The molecule has 2 amide bonds. The van der Waals surface area contributed by atoms with E-state index in [0.717, 1.165) is 56.0 Å². The van der Waals surface area contributed by atoms with E-state index in [2.05, 4.69) is 84.8 Å². The molecule has 0 aliphatic carbocycles. The van der Waals surface area contributed by atoms with Gasteiger partial charge in [0.25, 0.3) is 5.91 Å². The van der Waals surface area contributed by atoms with Gasteiger partial charge in [-0.25, -0.2) is 19.2 Å². The van der Waals surface area contributed by atoms with Gasteiger partial charge in [-0.05, 0) is 127 Å². The smallest absolute Gasteiger partial charge is 0.412 e. The third kappa shape index (κ3) is 18.2. The number of benzene rings is 5. The highest BCUT2D eigenvalue weighted by Gasteiger charge is 2.16. The normalized spacial score (nSPS) is 10.9. The van der Waals surface area contributed by atoms with Gasteiger partial charge in [0.2, 0.25) is 0 Å². The lowest BCUT2D eigenvalue weighted by atomic mass is 10.0. The molecule has 0 spiro atoms. The van der Waals surface area contributed by atoms with E-state index in [1.807, 2.05) is 54.6 Å². The van der Waals surface area contributed by atoms with Crippen molar-refractivity contribution in [1.29, 1.82) is 0 Å². The number of amides is 2. The van der Waals surface area contributed by atoms with E-state index in [1.165, 1.54) is 56.2 Å². The Labute approximate surface area is 372 Å². The lowest BCUT2D eigenvalue weighted by Gasteiger charge is -2.15. The molecule has 1 aliphatic heterocycles. The number of ether oxygens (including phenoxy) is 4. The molecule has 4 N–H and O–H groups in total. The standard InChI is InChI=1S/C17H16BrNO4.C9H8BrNO.C9H7ClO4.C8H10BrN/c1-22-16(20)13-4-8-15(9-5-13)23-17(21)19-11-10-12-2-6-14(18)7-3-12;10-7-2-1-6-3-4-11-9(12)8(6)5-7;1-13-8(11)6-2-4-7(5-3-6)14-9(10)12;9-8-3-1-7(2-4-8)5-6-10/h2-9H,10-11H2,1H3,(H,19,21);1-2,5H,3-4H2,(H,11,12);2-5H,1H3;1-4H,5-6,10H2. The van der Waals surface area contributed by atoms with Gasteiger partial charge < -0.3 is 35.3 Å². The number of nitrogens with one attached hydrogen (secondary N) is 2. The summed E-state index contributed by atoms with van der Waals surface area (Å²) in [4.78, 5) is 55.6. The van der Waals surface area contributed by atoms with Gasteiger partial charge in [0, 0.05) is 43.7 Å². The molecule has 0 unspecified atom stereocenters. The predicted molar refractivity (Wildman–Crippen MR) is 236 cm³/mol. The zero-order valence-electron chi connectivity index (χ0n) is 32.0. The number of hydrogen-bond donors (Lipinski definition) is 3. The number of nitrogens with two attached hydrogens (primary N) is 1. The predicted octanol–water partition coefficient (Wildman–Crippen LogP) is 9.46. The molecule has 0 atom stereocenters. The zero-order valence-corrected chi connectivity index (χ0v) is 37.5. The van der Waals surface area contributed by atoms with Crippen molar-refractivity contribution in [3.63, 3.8) is 0 Å². The van der Waals surface area contributed by atoms with Crippen molar-refractivity contribution in [3.8, 4) is 11.5 Å². The van der Waals surface area contributed by atoms with Gasteiger partial charge in [-0.2, -0.15) is 0 Å². The monoisotopic (exact) mass is 1020 g/mol. The Kier molecular flexibility index (Phi) is 21.4. The van der Waals surface area contributed by atoms with Crippen LogP contribution in [-0.4, -0.2) is 63.2 Å². The lowest BCUT2D eigenvalue weighted by Crippen LogP contribution is -2.31. The lowest BCUT2D eigenvalue weighted by molar-refractivity contribution is 0.0592. The second-order valence-electron chi connectivity index (χ2n) is 12.0. The minimum Gasteiger partial charge on any atom is -0.465 e. The molecule has 59 heavy (non-hydrogen) atoms. The summed E-state index contributed by atoms with van der Waals surface area (Å²) < 4.78 is 21.9. The van der Waals surface area contributed by atoms with Crippen molar-refractivity contribution >= 4 is 88.8 Å². The number of methoxy groups -OCH3 is 2. The maximum absolute atomic E-state index is 11.7. The number of rotatable bonds is 9. The Bertz CT molecular complexity index is 2140. The molecular formula is C43H41Br3ClN3O9. The van der Waals surface area contributed by atoms with E-state index >= 15 is 0 Å². The Morgan fingerprint density at radius 2 is 1.15 bits per heavy atom. The van der Waals surface area contributed by atoms with Crippen molar-refractivity contribution in [2.45, 2.75) is 19.3 Å². The summed E-state index contributed by atoms with van der Waals surface area (Å²) in [6.45, 7) is 1.95. The fourth-order valence-electron chi connectivity index (χ4n) is 4.95. The molecule has 5 aromatic rings. The number of halogens is 4. The molecule has 5 aromatic carbocycles. The Hall–Kier alpha value is -5.06. The number of carbonyl (C=O) groups excluding carboxylic acids is 5. The van der Waals surface area contributed by atoms with Crippen LogP contribution in [0.3, 0.4) is 0 Å². The number of fused-ring (bicyclic) bond motifs is 1. The van der Waals surface area contributed by atoms with Gasteiger partial charge in [0.05, 0.1) is 25.3 Å². The molecule has 0 aromatic heterocycles. The Balaban J connectivity index is 0.000000222. The van der Waals surface area contributed by atoms with E-state index in [0.29, 0.717) is 29.8 Å². The third-order valence-electron chi connectivity index (χ3n) is 7.90. The van der Waals surface area contributed by atoms with Crippen LogP contribution >= 0.6 is 59.4 Å². The average Bonchev–Trinajstić information content (AvgIpc) is 3.23. The molecule has 6 rings (SSSR count). The van der Waals surface area contributed by atoms with Gasteiger partial charge in [0.1, 0.15) is 11.5 Å². The van der Waals surface area contributed by atoms with Gasteiger partial charge in [-0.15, -0.1) is 0 Å².